The van der Waals surface area contributed by atoms with Crippen molar-refractivity contribution in [2.45, 2.75) is 6.54 Å². The zero-order valence-corrected chi connectivity index (χ0v) is 7.50. The van der Waals surface area contributed by atoms with E-state index in [9.17, 15) is 0 Å². The number of halogens is 1. The van der Waals surface area contributed by atoms with E-state index in [1.165, 1.54) is 3.57 Å². The first-order chi connectivity index (χ1) is 4.83. The molecule has 0 aliphatic carbocycles. The van der Waals surface area contributed by atoms with E-state index >= 15 is 0 Å². The van der Waals surface area contributed by atoms with E-state index in [4.69, 9.17) is 6.57 Å². The van der Waals surface area contributed by atoms with E-state index < -0.39 is 0 Å². The fourth-order valence-electron chi connectivity index (χ4n) is 0.681. The smallest absolute Gasteiger partial charge is 0.239 e. The third kappa shape index (κ3) is 1.99. The molecule has 1 aromatic rings. The van der Waals surface area contributed by atoms with Crippen LogP contribution in [0.5, 0.6) is 0 Å². The van der Waals surface area contributed by atoms with Crippen molar-refractivity contribution in [3.63, 3.8) is 0 Å². The first kappa shape index (κ1) is 7.55. The summed E-state index contributed by atoms with van der Waals surface area (Å²) in [5.41, 5.74) is 1.09. The molecule has 0 unspecified atom stereocenters. The molecule has 0 spiro atoms. The molecule has 0 aliphatic rings. The standard InChI is InChI=1S/C8H6IN/c1-10-6-7-2-4-8(9)5-3-7/h2-5H,6H2. The monoisotopic (exact) mass is 243 g/mol. The quantitative estimate of drug-likeness (QED) is 0.527. The van der Waals surface area contributed by atoms with Gasteiger partial charge in [-0.2, -0.15) is 0 Å². The maximum atomic E-state index is 6.62. The molecular weight excluding hydrogens is 237 g/mol. The highest BCUT2D eigenvalue weighted by Gasteiger charge is 1.91. The summed E-state index contributed by atoms with van der Waals surface area (Å²) >= 11 is 2.25. The Labute approximate surface area is 74.0 Å². The summed E-state index contributed by atoms with van der Waals surface area (Å²) in [6, 6.07) is 8.00. The van der Waals surface area contributed by atoms with Gasteiger partial charge >= 0.3 is 0 Å². The second kappa shape index (κ2) is 3.57. The number of benzene rings is 1. The van der Waals surface area contributed by atoms with Crippen molar-refractivity contribution < 1.29 is 0 Å². The van der Waals surface area contributed by atoms with Crippen molar-refractivity contribution in [1.29, 1.82) is 0 Å². The molecule has 0 aromatic heterocycles. The van der Waals surface area contributed by atoms with Crippen molar-refractivity contribution >= 4 is 22.6 Å². The highest BCUT2D eigenvalue weighted by molar-refractivity contribution is 14.1. The van der Waals surface area contributed by atoms with Crippen LogP contribution in [0, 0.1) is 10.1 Å². The maximum Gasteiger partial charge on any atom is 0.239 e. The Morgan fingerprint density at radius 3 is 2.40 bits per heavy atom. The van der Waals surface area contributed by atoms with Crippen LogP contribution < -0.4 is 0 Å². The molecule has 10 heavy (non-hydrogen) atoms. The van der Waals surface area contributed by atoms with Crippen LogP contribution in [0.1, 0.15) is 5.56 Å². The van der Waals surface area contributed by atoms with Crippen LogP contribution in [0.3, 0.4) is 0 Å². The first-order valence-corrected chi connectivity index (χ1v) is 3.98. The van der Waals surface area contributed by atoms with Crippen molar-refractivity contribution in [3.8, 4) is 0 Å². The van der Waals surface area contributed by atoms with Crippen LogP contribution in [0.15, 0.2) is 24.3 Å². The molecule has 0 radical (unpaired) electrons. The van der Waals surface area contributed by atoms with Crippen LogP contribution >= 0.6 is 22.6 Å². The zero-order chi connectivity index (χ0) is 7.40. The van der Waals surface area contributed by atoms with Crippen LogP contribution in [0.4, 0.5) is 0 Å². The summed E-state index contributed by atoms with van der Waals surface area (Å²) in [7, 11) is 0. The minimum Gasteiger partial charge on any atom is -0.312 e. The highest BCUT2D eigenvalue weighted by Crippen LogP contribution is 2.07. The fraction of sp³-hybridized carbons (Fsp3) is 0.125. The van der Waals surface area contributed by atoms with Gasteiger partial charge < -0.3 is 4.85 Å². The van der Waals surface area contributed by atoms with E-state index in [-0.39, 0.29) is 0 Å². The van der Waals surface area contributed by atoms with Crippen molar-refractivity contribution in [2.24, 2.45) is 0 Å². The number of rotatable bonds is 1. The largest absolute Gasteiger partial charge is 0.312 e. The molecule has 0 bridgehead atoms. The fourth-order valence-corrected chi connectivity index (χ4v) is 1.04. The van der Waals surface area contributed by atoms with Crippen molar-refractivity contribution in [2.75, 3.05) is 0 Å². The molecule has 1 nitrogen and oxygen atoms in total. The minimum absolute atomic E-state index is 0.497. The van der Waals surface area contributed by atoms with Gasteiger partial charge in [-0.05, 0) is 34.7 Å². The van der Waals surface area contributed by atoms with Gasteiger partial charge in [0.25, 0.3) is 0 Å². The van der Waals surface area contributed by atoms with Gasteiger partial charge in [-0.3, -0.25) is 0 Å². The number of hydrogen-bond acceptors (Lipinski definition) is 0. The number of nitrogens with zero attached hydrogens (tertiary/aromatic N) is 1. The van der Waals surface area contributed by atoms with E-state index in [0.717, 1.165) is 5.56 Å². The lowest BCUT2D eigenvalue weighted by molar-refractivity contribution is 1.26. The average molecular weight is 243 g/mol. The molecular formula is C8H6IN. The predicted octanol–water partition coefficient (Wildman–Crippen LogP) is 2.71. The molecule has 2 heteroatoms. The average Bonchev–Trinajstić information content (AvgIpc) is 1.95. The van der Waals surface area contributed by atoms with Gasteiger partial charge in [-0.25, -0.2) is 6.57 Å². The lowest BCUT2D eigenvalue weighted by Gasteiger charge is -1.90. The third-order valence-corrected chi connectivity index (χ3v) is 1.89. The normalized spacial score (nSPS) is 8.80. The Bertz CT molecular complexity index is 245. The van der Waals surface area contributed by atoms with E-state index in [1.54, 1.807) is 0 Å². The maximum absolute atomic E-state index is 6.62. The topological polar surface area (TPSA) is 4.36 Å². The Balaban J connectivity index is 2.81. The molecule has 0 fully saturated rings. The summed E-state index contributed by atoms with van der Waals surface area (Å²) in [4.78, 5) is 3.28. The Morgan fingerprint density at radius 2 is 1.90 bits per heavy atom. The van der Waals surface area contributed by atoms with Gasteiger partial charge in [0, 0.05) is 9.13 Å². The van der Waals surface area contributed by atoms with Gasteiger partial charge in [0.15, 0.2) is 0 Å². The molecule has 0 saturated heterocycles. The molecule has 0 aliphatic heterocycles. The molecule has 1 rings (SSSR count). The van der Waals surface area contributed by atoms with Crippen LogP contribution in [-0.2, 0) is 6.54 Å². The van der Waals surface area contributed by atoms with Crippen molar-refractivity contribution in [1.82, 2.24) is 0 Å². The van der Waals surface area contributed by atoms with Gasteiger partial charge in [-0.15, -0.1) is 0 Å². The van der Waals surface area contributed by atoms with E-state index in [2.05, 4.69) is 27.4 Å². The molecule has 0 atom stereocenters. The first-order valence-electron chi connectivity index (χ1n) is 2.90. The van der Waals surface area contributed by atoms with Crippen molar-refractivity contribution in [3.05, 3.63) is 44.8 Å². The third-order valence-electron chi connectivity index (χ3n) is 1.17. The predicted molar refractivity (Wildman–Crippen MR) is 49.5 cm³/mol. The Kier molecular flexibility index (Phi) is 2.69. The lowest BCUT2D eigenvalue weighted by atomic mass is 10.2. The summed E-state index contributed by atoms with van der Waals surface area (Å²) in [5, 5.41) is 0. The molecule has 0 saturated carbocycles. The molecule has 1 aromatic carbocycles. The Morgan fingerprint density at radius 1 is 1.30 bits per heavy atom. The van der Waals surface area contributed by atoms with Gasteiger partial charge in [0.05, 0.1) is 0 Å². The minimum atomic E-state index is 0.497. The zero-order valence-electron chi connectivity index (χ0n) is 5.34. The van der Waals surface area contributed by atoms with Crippen LogP contribution in [0.25, 0.3) is 4.85 Å². The van der Waals surface area contributed by atoms with E-state index in [0.29, 0.717) is 6.54 Å². The molecule has 0 heterocycles. The SMILES string of the molecule is [C-]#[N+]Cc1ccc(I)cc1. The van der Waals surface area contributed by atoms with E-state index in [1.807, 2.05) is 24.3 Å². The van der Waals surface area contributed by atoms with Gasteiger partial charge in [0.2, 0.25) is 6.54 Å². The van der Waals surface area contributed by atoms with Gasteiger partial charge in [0.1, 0.15) is 0 Å². The summed E-state index contributed by atoms with van der Waals surface area (Å²) in [5.74, 6) is 0. The molecule has 0 N–H and O–H groups in total. The van der Waals surface area contributed by atoms with Crippen LogP contribution in [-0.4, -0.2) is 0 Å². The second-order valence-electron chi connectivity index (χ2n) is 1.94. The molecule has 50 valence electrons. The number of hydrogen-bond donors (Lipinski definition) is 0. The Hall–Kier alpha value is -0.560. The van der Waals surface area contributed by atoms with Crippen LogP contribution in [0.2, 0.25) is 0 Å². The summed E-state index contributed by atoms with van der Waals surface area (Å²) < 4.78 is 1.21. The lowest BCUT2D eigenvalue weighted by Crippen LogP contribution is -1.77. The summed E-state index contributed by atoms with van der Waals surface area (Å²) in [6.07, 6.45) is 0. The van der Waals surface area contributed by atoms with Gasteiger partial charge in [-0.1, -0.05) is 12.1 Å². The molecule has 0 amide bonds. The second-order valence-corrected chi connectivity index (χ2v) is 3.19. The highest BCUT2D eigenvalue weighted by atomic mass is 127. The summed E-state index contributed by atoms with van der Waals surface area (Å²) in [6.45, 7) is 7.11.